The maximum absolute atomic E-state index is 11.6. The van der Waals surface area contributed by atoms with Gasteiger partial charge in [0.2, 0.25) is 5.91 Å². The van der Waals surface area contributed by atoms with Gasteiger partial charge in [0.1, 0.15) is 5.75 Å². The third-order valence-electron chi connectivity index (χ3n) is 2.36. The molecule has 1 aromatic rings. The van der Waals surface area contributed by atoms with Crippen LogP contribution in [0.25, 0.3) is 0 Å². The average molecular weight is 264 g/mol. The predicted molar refractivity (Wildman–Crippen MR) is 77.2 cm³/mol. The normalized spacial score (nSPS) is 11.2. The fraction of sp³-hybridized carbons (Fsp3) is 0.533. The molecule has 0 aromatic heterocycles. The molecule has 2 N–H and O–H groups in total. The van der Waals surface area contributed by atoms with Crippen molar-refractivity contribution in [3.05, 3.63) is 29.8 Å². The summed E-state index contributed by atoms with van der Waals surface area (Å²) in [6.45, 7) is 9.54. The van der Waals surface area contributed by atoms with E-state index in [2.05, 4.69) is 10.6 Å². The Bertz CT molecular complexity index is 394. The topological polar surface area (TPSA) is 50.4 Å². The van der Waals surface area contributed by atoms with Gasteiger partial charge >= 0.3 is 0 Å². The number of carbonyl (C=O) groups is 1. The van der Waals surface area contributed by atoms with Gasteiger partial charge in [-0.15, -0.1) is 0 Å². The van der Waals surface area contributed by atoms with E-state index in [1.165, 1.54) is 0 Å². The van der Waals surface area contributed by atoms with Crippen LogP contribution >= 0.6 is 0 Å². The van der Waals surface area contributed by atoms with Crippen molar-refractivity contribution in [1.29, 1.82) is 0 Å². The van der Waals surface area contributed by atoms with Gasteiger partial charge in [-0.3, -0.25) is 4.79 Å². The van der Waals surface area contributed by atoms with Gasteiger partial charge < -0.3 is 15.4 Å². The average Bonchev–Trinajstić information content (AvgIpc) is 2.29. The monoisotopic (exact) mass is 264 g/mol. The minimum atomic E-state index is -0.183. The molecule has 0 aliphatic heterocycles. The molecule has 4 heteroatoms. The van der Waals surface area contributed by atoms with Crippen molar-refractivity contribution in [3.8, 4) is 5.75 Å². The fourth-order valence-corrected chi connectivity index (χ4v) is 1.65. The zero-order valence-electron chi connectivity index (χ0n) is 12.2. The quantitative estimate of drug-likeness (QED) is 0.827. The molecule has 106 valence electrons. The highest BCUT2D eigenvalue weighted by Crippen LogP contribution is 2.11. The summed E-state index contributed by atoms with van der Waals surface area (Å²) >= 11 is 0. The Morgan fingerprint density at radius 3 is 2.37 bits per heavy atom. The first kappa shape index (κ1) is 15.5. The minimum Gasteiger partial charge on any atom is -0.494 e. The number of hydrogen-bond donors (Lipinski definition) is 2. The molecule has 0 saturated heterocycles. The molecular weight excluding hydrogens is 240 g/mol. The molecule has 19 heavy (non-hydrogen) atoms. The smallest absolute Gasteiger partial charge is 0.234 e. The lowest BCUT2D eigenvalue weighted by Crippen LogP contribution is -2.44. The Kier molecular flexibility index (Phi) is 5.83. The van der Waals surface area contributed by atoms with Gasteiger partial charge in [0.05, 0.1) is 13.2 Å². The third kappa shape index (κ3) is 6.82. The number of nitrogens with one attached hydrogen (secondary N) is 2. The van der Waals surface area contributed by atoms with E-state index in [9.17, 15) is 4.79 Å². The Balaban J connectivity index is 2.31. The molecule has 1 amide bonds. The van der Waals surface area contributed by atoms with Gasteiger partial charge in [0.25, 0.3) is 0 Å². The summed E-state index contributed by atoms with van der Waals surface area (Å²) in [6.07, 6.45) is 0. The summed E-state index contributed by atoms with van der Waals surface area (Å²) in [5, 5.41) is 6.03. The van der Waals surface area contributed by atoms with E-state index in [0.29, 0.717) is 19.7 Å². The van der Waals surface area contributed by atoms with E-state index in [1.807, 2.05) is 52.0 Å². The number of ether oxygens (including phenoxy) is 1. The molecule has 4 nitrogen and oxygen atoms in total. The van der Waals surface area contributed by atoms with Crippen LogP contribution in [0, 0.1) is 0 Å². The van der Waals surface area contributed by atoms with Gasteiger partial charge in [-0.25, -0.2) is 0 Å². The van der Waals surface area contributed by atoms with Crippen LogP contribution in [-0.2, 0) is 11.3 Å². The Morgan fingerprint density at radius 1 is 1.21 bits per heavy atom. The van der Waals surface area contributed by atoms with Crippen LogP contribution < -0.4 is 15.4 Å². The second-order valence-electron chi connectivity index (χ2n) is 5.48. The molecule has 0 heterocycles. The van der Waals surface area contributed by atoms with Crippen LogP contribution in [0.15, 0.2) is 24.3 Å². The lowest BCUT2D eigenvalue weighted by atomic mass is 10.1. The predicted octanol–water partition coefficient (Wildman–Crippen LogP) is 2.09. The molecule has 0 saturated carbocycles. The Morgan fingerprint density at radius 2 is 1.84 bits per heavy atom. The van der Waals surface area contributed by atoms with Gasteiger partial charge in [-0.05, 0) is 45.4 Å². The molecule has 0 aliphatic carbocycles. The van der Waals surface area contributed by atoms with Crippen molar-refractivity contribution in [3.63, 3.8) is 0 Å². The second-order valence-corrected chi connectivity index (χ2v) is 5.48. The van der Waals surface area contributed by atoms with Crippen LogP contribution in [0.2, 0.25) is 0 Å². The summed E-state index contributed by atoms with van der Waals surface area (Å²) < 4.78 is 5.37. The number of rotatable bonds is 6. The van der Waals surface area contributed by atoms with Crippen molar-refractivity contribution in [2.75, 3.05) is 13.2 Å². The second kappa shape index (κ2) is 7.14. The first-order valence-electron chi connectivity index (χ1n) is 6.64. The standard InChI is InChI=1S/C15H24N2O2/c1-5-19-13-8-6-12(7-9-13)10-16-11-14(18)17-15(2,3)4/h6-9,16H,5,10-11H2,1-4H3,(H,17,18). The van der Waals surface area contributed by atoms with Crippen molar-refractivity contribution >= 4 is 5.91 Å². The molecule has 0 spiro atoms. The molecule has 1 rings (SSSR count). The highest BCUT2D eigenvalue weighted by atomic mass is 16.5. The van der Waals surface area contributed by atoms with Gasteiger partial charge in [-0.1, -0.05) is 12.1 Å². The summed E-state index contributed by atoms with van der Waals surface area (Å²) in [7, 11) is 0. The zero-order valence-corrected chi connectivity index (χ0v) is 12.2. The van der Waals surface area contributed by atoms with E-state index < -0.39 is 0 Å². The third-order valence-corrected chi connectivity index (χ3v) is 2.36. The number of carbonyl (C=O) groups excluding carboxylic acids is 1. The van der Waals surface area contributed by atoms with E-state index in [4.69, 9.17) is 4.74 Å². The first-order chi connectivity index (χ1) is 8.90. The first-order valence-corrected chi connectivity index (χ1v) is 6.64. The van der Waals surface area contributed by atoms with Crippen LogP contribution in [0.1, 0.15) is 33.3 Å². The van der Waals surface area contributed by atoms with Crippen LogP contribution in [-0.4, -0.2) is 24.6 Å². The SMILES string of the molecule is CCOc1ccc(CNCC(=O)NC(C)(C)C)cc1. The molecule has 0 unspecified atom stereocenters. The van der Waals surface area contributed by atoms with Gasteiger partial charge in [0.15, 0.2) is 0 Å². The summed E-state index contributed by atoms with van der Waals surface area (Å²) in [5.74, 6) is 0.884. The molecular formula is C15H24N2O2. The highest BCUT2D eigenvalue weighted by Gasteiger charge is 2.12. The van der Waals surface area contributed by atoms with Gasteiger partial charge in [0, 0.05) is 12.1 Å². The molecule has 0 aliphatic rings. The Hall–Kier alpha value is -1.55. The number of hydrogen-bond acceptors (Lipinski definition) is 3. The number of benzene rings is 1. The molecule has 0 bridgehead atoms. The van der Waals surface area contributed by atoms with E-state index in [-0.39, 0.29) is 11.4 Å². The molecule has 1 aromatic carbocycles. The van der Waals surface area contributed by atoms with Crippen LogP contribution in [0.4, 0.5) is 0 Å². The van der Waals surface area contributed by atoms with Crippen molar-refractivity contribution in [2.24, 2.45) is 0 Å². The molecule has 0 atom stereocenters. The van der Waals surface area contributed by atoms with Crippen molar-refractivity contribution in [1.82, 2.24) is 10.6 Å². The highest BCUT2D eigenvalue weighted by molar-refractivity contribution is 5.78. The number of amides is 1. The summed E-state index contributed by atoms with van der Waals surface area (Å²) in [4.78, 5) is 11.6. The summed E-state index contributed by atoms with van der Waals surface area (Å²) in [6, 6.07) is 7.88. The Labute approximate surface area is 115 Å². The van der Waals surface area contributed by atoms with E-state index in [0.717, 1.165) is 11.3 Å². The van der Waals surface area contributed by atoms with Crippen molar-refractivity contribution in [2.45, 2.75) is 39.8 Å². The van der Waals surface area contributed by atoms with E-state index >= 15 is 0 Å². The van der Waals surface area contributed by atoms with Crippen LogP contribution in [0.5, 0.6) is 5.75 Å². The fourth-order valence-electron chi connectivity index (χ4n) is 1.65. The molecule has 0 radical (unpaired) electrons. The zero-order chi connectivity index (χ0) is 14.3. The maximum Gasteiger partial charge on any atom is 0.234 e. The van der Waals surface area contributed by atoms with Crippen molar-refractivity contribution < 1.29 is 9.53 Å². The maximum atomic E-state index is 11.6. The van der Waals surface area contributed by atoms with Crippen LogP contribution in [0.3, 0.4) is 0 Å². The lowest BCUT2D eigenvalue weighted by Gasteiger charge is -2.20. The van der Waals surface area contributed by atoms with Gasteiger partial charge in [-0.2, -0.15) is 0 Å². The lowest BCUT2D eigenvalue weighted by molar-refractivity contribution is -0.121. The largest absolute Gasteiger partial charge is 0.494 e. The van der Waals surface area contributed by atoms with E-state index in [1.54, 1.807) is 0 Å². The molecule has 0 fully saturated rings. The minimum absolute atomic E-state index is 0.0124. The summed E-state index contributed by atoms with van der Waals surface area (Å²) in [5.41, 5.74) is 0.949.